The highest BCUT2D eigenvalue weighted by atomic mass is 32.1. The molecule has 122 valence electrons. The van der Waals surface area contributed by atoms with Crippen LogP contribution in [-0.2, 0) is 4.79 Å². The third kappa shape index (κ3) is 3.16. The second kappa shape index (κ2) is 6.09. The van der Waals surface area contributed by atoms with Crippen LogP contribution in [-0.4, -0.2) is 34.4 Å². The van der Waals surface area contributed by atoms with Gasteiger partial charge >= 0.3 is 0 Å². The Morgan fingerprint density at radius 1 is 1.29 bits per heavy atom. The first-order chi connectivity index (χ1) is 11.7. The maximum Gasteiger partial charge on any atom is 0.271 e. The summed E-state index contributed by atoms with van der Waals surface area (Å²) in [6.45, 7) is -0.0193. The van der Waals surface area contributed by atoms with Crippen LogP contribution in [0.4, 0.5) is 0 Å². The van der Waals surface area contributed by atoms with Crippen LogP contribution in [0, 0.1) is 0 Å². The van der Waals surface area contributed by atoms with Crippen molar-refractivity contribution < 1.29 is 9.59 Å². The average Bonchev–Trinajstić information content (AvgIpc) is 3.11. The quantitative estimate of drug-likeness (QED) is 0.666. The predicted octanol–water partition coefficient (Wildman–Crippen LogP) is 2.30. The Bertz CT molecular complexity index is 877. The van der Waals surface area contributed by atoms with Crippen LogP contribution in [0.1, 0.15) is 23.3 Å². The van der Waals surface area contributed by atoms with Gasteiger partial charge in [-0.2, -0.15) is 0 Å². The van der Waals surface area contributed by atoms with E-state index >= 15 is 0 Å². The number of rotatable bonds is 5. The first-order valence-corrected chi connectivity index (χ1v) is 8.68. The fraction of sp³-hybridized carbons (Fsp3) is 0.235. The molecule has 2 amide bonds. The maximum atomic E-state index is 12.1. The predicted molar refractivity (Wildman–Crippen MR) is 92.9 cm³/mol. The number of H-pyrrole nitrogens is 1. The average molecular weight is 340 g/mol. The smallest absolute Gasteiger partial charge is 0.271 e. The third-order valence-corrected chi connectivity index (χ3v) is 4.72. The van der Waals surface area contributed by atoms with Gasteiger partial charge in [0.05, 0.1) is 12.2 Å². The summed E-state index contributed by atoms with van der Waals surface area (Å²) in [6.07, 6.45) is 2.05. The summed E-state index contributed by atoms with van der Waals surface area (Å²) < 4.78 is 0. The number of fused-ring (bicyclic) bond motifs is 1. The molecular formula is C17H16N4O2S. The van der Waals surface area contributed by atoms with Crippen molar-refractivity contribution in [3.05, 3.63) is 41.4 Å². The number of carbonyl (C=O) groups excluding carboxylic acids is 2. The Morgan fingerprint density at radius 3 is 2.92 bits per heavy atom. The number of thiazole rings is 1. The lowest BCUT2D eigenvalue weighted by Crippen LogP contribution is -2.37. The molecule has 0 unspecified atom stereocenters. The van der Waals surface area contributed by atoms with Crippen LogP contribution < -0.4 is 10.6 Å². The van der Waals surface area contributed by atoms with Crippen molar-refractivity contribution in [2.75, 3.05) is 6.54 Å². The van der Waals surface area contributed by atoms with Gasteiger partial charge in [-0.1, -0.05) is 18.2 Å². The number of aromatic nitrogens is 2. The number of hydrogen-bond donors (Lipinski definition) is 3. The number of nitrogens with one attached hydrogen (secondary N) is 3. The van der Waals surface area contributed by atoms with Crippen LogP contribution in [0.3, 0.4) is 0 Å². The number of benzene rings is 1. The Hall–Kier alpha value is -2.67. The minimum Gasteiger partial charge on any atom is -0.353 e. The molecule has 0 bridgehead atoms. The van der Waals surface area contributed by atoms with Crippen molar-refractivity contribution >= 4 is 34.1 Å². The largest absolute Gasteiger partial charge is 0.353 e. The molecule has 2 heterocycles. The molecule has 24 heavy (non-hydrogen) atoms. The molecule has 6 nitrogen and oxygen atoms in total. The van der Waals surface area contributed by atoms with E-state index in [0.29, 0.717) is 11.7 Å². The Balaban J connectivity index is 1.43. The maximum absolute atomic E-state index is 12.1. The van der Waals surface area contributed by atoms with Gasteiger partial charge in [0.25, 0.3) is 5.91 Å². The third-order valence-electron chi connectivity index (χ3n) is 3.85. The first kappa shape index (κ1) is 14.9. The van der Waals surface area contributed by atoms with E-state index in [4.69, 9.17) is 0 Å². The van der Waals surface area contributed by atoms with Crippen LogP contribution in [0.5, 0.6) is 0 Å². The number of amides is 2. The fourth-order valence-electron chi connectivity index (χ4n) is 2.45. The molecular weight excluding hydrogens is 324 g/mol. The SMILES string of the molecule is O=C(CNC(=O)c1csc(-c2cc3ccccc3[nH]2)n1)NC1CC1. The second-order valence-corrected chi connectivity index (χ2v) is 6.69. The highest BCUT2D eigenvalue weighted by molar-refractivity contribution is 7.13. The monoisotopic (exact) mass is 340 g/mol. The number of carbonyl (C=O) groups is 2. The zero-order valence-corrected chi connectivity index (χ0v) is 13.7. The van der Waals surface area contributed by atoms with Gasteiger partial charge in [-0.3, -0.25) is 9.59 Å². The number of para-hydroxylation sites is 1. The van der Waals surface area contributed by atoms with Crippen molar-refractivity contribution in [3.8, 4) is 10.7 Å². The van der Waals surface area contributed by atoms with Gasteiger partial charge in [0.15, 0.2) is 0 Å². The van der Waals surface area contributed by atoms with E-state index in [1.807, 2.05) is 30.3 Å². The van der Waals surface area contributed by atoms with Crippen LogP contribution in [0.2, 0.25) is 0 Å². The Morgan fingerprint density at radius 2 is 2.12 bits per heavy atom. The summed E-state index contributed by atoms with van der Waals surface area (Å²) in [5.41, 5.74) is 2.24. The molecule has 0 aliphatic heterocycles. The molecule has 0 radical (unpaired) electrons. The second-order valence-electron chi connectivity index (χ2n) is 5.83. The molecule has 7 heteroatoms. The molecule has 1 aliphatic rings. The highest BCUT2D eigenvalue weighted by Gasteiger charge is 2.23. The highest BCUT2D eigenvalue weighted by Crippen LogP contribution is 2.26. The first-order valence-electron chi connectivity index (χ1n) is 7.80. The van der Waals surface area contributed by atoms with Crippen LogP contribution >= 0.6 is 11.3 Å². The van der Waals surface area contributed by atoms with E-state index in [1.165, 1.54) is 11.3 Å². The van der Waals surface area contributed by atoms with Gasteiger partial charge in [0.2, 0.25) is 5.91 Å². The molecule has 1 saturated carbocycles. The molecule has 4 rings (SSSR count). The lowest BCUT2D eigenvalue weighted by Gasteiger charge is -2.04. The van der Waals surface area contributed by atoms with E-state index < -0.39 is 0 Å². The van der Waals surface area contributed by atoms with Crippen molar-refractivity contribution in [1.82, 2.24) is 20.6 Å². The van der Waals surface area contributed by atoms with Crippen LogP contribution in [0.15, 0.2) is 35.7 Å². The van der Waals surface area contributed by atoms with Crippen LogP contribution in [0.25, 0.3) is 21.6 Å². The van der Waals surface area contributed by atoms with Gasteiger partial charge in [-0.25, -0.2) is 4.98 Å². The minimum atomic E-state index is -0.334. The zero-order valence-electron chi connectivity index (χ0n) is 12.8. The van der Waals surface area contributed by atoms with Gasteiger partial charge < -0.3 is 15.6 Å². The van der Waals surface area contributed by atoms with E-state index in [1.54, 1.807) is 5.38 Å². The summed E-state index contributed by atoms with van der Waals surface area (Å²) in [5.74, 6) is -0.489. The summed E-state index contributed by atoms with van der Waals surface area (Å²) in [7, 11) is 0. The molecule has 2 aromatic heterocycles. The summed E-state index contributed by atoms with van der Waals surface area (Å²) in [4.78, 5) is 31.4. The Labute approximate surface area is 142 Å². The molecule has 0 saturated heterocycles. The van der Waals surface area contributed by atoms with E-state index in [0.717, 1.165) is 34.4 Å². The fourth-order valence-corrected chi connectivity index (χ4v) is 3.22. The minimum absolute atomic E-state index is 0.0193. The van der Waals surface area contributed by atoms with Gasteiger partial charge in [0.1, 0.15) is 10.7 Å². The summed E-state index contributed by atoms with van der Waals surface area (Å²) in [5, 5.41) is 8.99. The lowest BCUT2D eigenvalue weighted by molar-refractivity contribution is -0.120. The zero-order chi connectivity index (χ0) is 16.5. The Kier molecular flexibility index (Phi) is 3.78. The van der Waals surface area contributed by atoms with Gasteiger partial charge in [-0.15, -0.1) is 11.3 Å². The normalized spacial score (nSPS) is 13.8. The van der Waals surface area contributed by atoms with E-state index in [9.17, 15) is 9.59 Å². The number of nitrogens with zero attached hydrogens (tertiary/aromatic N) is 1. The summed E-state index contributed by atoms with van der Waals surface area (Å²) in [6, 6.07) is 10.3. The number of aromatic amines is 1. The molecule has 3 N–H and O–H groups in total. The molecule has 1 aromatic carbocycles. The number of hydrogen-bond acceptors (Lipinski definition) is 4. The van der Waals surface area contributed by atoms with E-state index in [-0.39, 0.29) is 18.4 Å². The van der Waals surface area contributed by atoms with Crippen molar-refractivity contribution in [1.29, 1.82) is 0 Å². The van der Waals surface area contributed by atoms with E-state index in [2.05, 4.69) is 20.6 Å². The molecule has 0 atom stereocenters. The topological polar surface area (TPSA) is 86.9 Å². The molecule has 3 aromatic rings. The molecule has 1 fully saturated rings. The van der Waals surface area contributed by atoms with Crippen molar-refractivity contribution in [2.24, 2.45) is 0 Å². The van der Waals surface area contributed by atoms with Crippen molar-refractivity contribution in [2.45, 2.75) is 18.9 Å². The van der Waals surface area contributed by atoms with Gasteiger partial charge in [-0.05, 0) is 25.0 Å². The lowest BCUT2D eigenvalue weighted by atomic mass is 10.2. The standard InChI is InChI=1S/C17H16N4O2S/c22-15(19-11-5-6-11)8-18-16(23)14-9-24-17(21-14)13-7-10-3-1-2-4-12(10)20-13/h1-4,7,9,11,20H,5-6,8H2,(H,18,23)(H,19,22). The summed E-state index contributed by atoms with van der Waals surface area (Å²) >= 11 is 1.40. The molecule has 1 aliphatic carbocycles. The van der Waals surface area contributed by atoms with Gasteiger partial charge in [0, 0.05) is 22.3 Å². The van der Waals surface area contributed by atoms with Crippen molar-refractivity contribution in [3.63, 3.8) is 0 Å². The molecule has 0 spiro atoms.